The van der Waals surface area contributed by atoms with Gasteiger partial charge in [-0.05, 0) is 5.57 Å². The van der Waals surface area contributed by atoms with Crippen LogP contribution in [0, 0.1) is 0 Å². The Balaban J connectivity index is 3.55. The molecule has 0 fully saturated rings. The largest absolute Gasteiger partial charge is 0.235 e. The van der Waals surface area contributed by atoms with Crippen molar-refractivity contribution in [3.63, 3.8) is 0 Å². The van der Waals surface area contributed by atoms with Crippen molar-refractivity contribution in [3.8, 4) is 0 Å². The van der Waals surface area contributed by atoms with E-state index in [1.54, 1.807) is 6.08 Å². The molecule has 2 heteroatoms. The molecule has 0 radical (unpaired) electrons. The third kappa shape index (κ3) is 3.07. The van der Waals surface area contributed by atoms with Crippen LogP contribution in [0.3, 0.4) is 0 Å². The van der Waals surface area contributed by atoms with Gasteiger partial charge in [0.2, 0.25) is 6.08 Å². The van der Waals surface area contributed by atoms with E-state index in [1.807, 2.05) is 0 Å². The van der Waals surface area contributed by atoms with Crippen molar-refractivity contribution in [2.75, 3.05) is 6.54 Å². The van der Waals surface area contributed by atoms with Crippen molar-refractivity contribution in [3.05, 3.63) is 24.8 Å². The maximum absolute atomic E-state index is 9.46. The molecule has 0 aliphatic heterocycles. The van der Waals surface area contributed by atoms with Crippen LogP contribution in [-0.4, -0.2) is 12.6 Å². The Hall–Kier alpha value is -1.14. The molecule has 0 aliphatic rings. The molecule has 0 rings (SSSR count). The van der Waals surface area contributed by atoms with Gasteiger partial charge in [0.05, 0.1) is 6.54 Å². The molecule has 0 heterocycles. The van der Waals surface area contributed by atoms with Crippen LogP contribution in [0.15, 0.2) is 29.8 Å². The van der Waals surface area contributed by atoms with Gasteiger partial charge in [0.15, 0.2) is 0 Å². The predicted molar refractivity (Wildman–Crippen MR) is 32.3 cm³/mol. The first-order valence-corrected chi connectivity index (χ1v) is 2.15. The van der Waals surface area contributed by atoms with Gasteiger partial charge in [-0.2, -0.15) is 0 Å². The van der Waals surface area contributed by atoms with E-state index >= 15 is 0 Å². The lowest BCUT2D eigenvalue weighted by molar-refractivity contribution is 0.563. The molecular weight excluding hydrogens is 102 g/mol. The minimum absolute atomic E-state index is 0.312. The average molecular weight is 109 g/mol. The second-order valence-electron chi connectivity index (χ2n) is 1.27. The molecule has 8 heavy (non-hydrogen) atoms. The van der Waals surface area contributed by atoms with E-state index < -0.39 is 0 Å². The van der Waals surface area contributed by atoms with Crippen LogP contribution in [-0.2, 0) is 4.79 Å². The zero-order chi connectivity index (χ0) is 6.41. The molecule has 0 saturated heterocycles. The number of hydrogen-bond donors (Lipinski definition) is 0. The molecule has 0 N–H and O–H groups in total. The maximum Gasteiger partial charge on any atom is 0.235 e. The highest BCUT2D eigenvalue weighted by Gasteiger charge is 1.79. The van der Waals surface area contributed by atoms with E-state index in [-0.39, 0.29) is 0 Å². The number of carbonyl (C=O) groups excluding carboxylic acids is 1. The predicted octanol–water partition coefficient (Wildman–Crippen LogP) is 1.06. The SMILES string of the molecule is C=CC(=C)CN=C=O. The normalized spacial score (nSPS) is 7.00. The highest BCUT2D eigenvalue weighted by molar-refractivity contribution is 5.34. The lowest BCUT2D eigenvalue weighted by Gasteiger charge is -1.84. The van der Waals surface area contributed by atoms with Crippen LogP contribution in [0.4, 0.5) is 0 Å². The van der Waals surface area contributed by atoms with Gasteiger partial charge >= 0.3 is 0 Å². The molecule has 2 nitrogen and oxygen atoms in total. The molecule has 0 saturated carbocycles. The third-order valence-electron chi connectivity index (χ3n) is 0.635. The second kappa shape index (κ2) is 4.03. The molecule has 0 unspecified atom stereocenters. The zero-order valence-corrected chi connectivity index (χ0v) is 4.55. The van der Waals surface area contributed by atoms with Crippen LogP contribution >= 0.6 is 0 Å². The number of hydrogen-bond acceptors (Lipinski definition) is 2. The minimum atomic E-state index is 0.312. The van der Waals surface area contributed by atoms with Crippen molar-refractivity contribution in [1.82, 2.24) is 0 Å². The third-order valence-corrected chi connectivity index (χ3v) is 0.635. The zero-order valence-electron chi connectivity index (χ0n) is 4.55. The summed E-state index contributed by atoms with van der Waals surface area (Å²) >= 11 is 0. The summed E-state index contributed by atoms with van der Waals surface area (Å²) in [5.74, 6) is 0. The second-order valence-corrected chi connectivity index (χ2v) is 1.27. The first kappa shape index (κ1) is 6.86. The Morgan fingerprint density at radius 1 is 1.88 bits per heavy atom. The van der Waals surface area contributed by atoms with Gasteiger partial charge in [-0.3, -0.25) is 0 Å². The maximum atomic E-state index is 9.46. The first-order valence-electron chi connectivity index (χ1n) is 2.15. The van der Waals surface area contributed by atoms with E-state index in [1.165, 1.54) is 6.08 Å². The molecular formula is C6H7NO. The lowest BCUT2D eigenvalue weighted by atomic mass is 10.3. The lowest BCUT2D eigenvalue weighted by Crippen LogP contribution is -1.78. The van der Waals surface area contributed by atoms with Crippen LogP contribution in [0.1, 0.15) is 0 Å². The van der Waals surface area contributed by atoms with E-state index in [0.29, 0.717) is 6.54 Å². The summed E-state index contributed by atoms with van der Waals surface area (Å²) < 4.78 is 0. The van der Waals surface area contributed by atoms with Crippen molar-refractivity contribution >= 4 is 6.08 Å². The van der Waals surface area contributed by atoms with E-state index in [0.717, 1.165) is 5.57 Å². The molecule has 0 bridgehead atoms. The Bertz CT molecular complexity index is 143. The highest BCUT2D eigenvalue weighted by atomic mass is 16.1. The van der Waals surface area contributed by atoms with Gasteiger partial charge in [-0.25, -0.2) is 9.79 Å². The van der Waals surface area contributed by atoms with E-state index in [2.05, 4.69) is 18.2 Å². The van der Waals surface area contributed by atoms with Gasteiger partial charge in [0.1, 0.15) is 0 Å². The van der Waals surface area contributed by atoms with Gasteiger partial charge in [-0.15, -0.1) is 0 Å². The fraction of sp³-hybridized carbons (Fsp3) is 0.167. The van der Waals surface area contributed by atoms with Gasteiger partial charge in [0.25, 0.3) is 0 Å². The Labute approximate surface area is 48.2 Å². The molecule has 0 atom stereocenters. The quantitative estimate of drug-likeness (QED) is 0.303. The van der Waals surface area contributed by atoms with Gasteiger partial charge < -0.3 is 0 Å². The van der Waals surface area contributed by atoms with Crippen molar-refractivity contribution in [2.24, 2.45) is 4.99 Å². The van der Waals surface area contributed by atoms with Crippen molar-refractivity contribution in [1.29, 1.82) is 0 Å². The number of rotatable bonds is 3. The molecule has 0 aromatic rings. The Morgan fingerprint density at radius 2 is 2.50 bits per heavy atom. The number of isocyanates is 1. The van der Waals surface area contributed by atoms with E-state index in [4.69, 9.17) is 0 Å². The fourth-order valence-corrected chi connectivity index (χ4v) is 0.198. The summed E-state index contributed by atoms with van der Waals surface area (Å²) in [6, 6.07) is 0. The fourth-order valence-electron chi connectivity index (χ4n) is 0.198. The van der Waals surface area contributed by atoms with Crippen LogP contribution < -0.4 is 0 Å². The minimum Gasteiger partial charge on any atom is -0.211 e. The van der Waals surface area contributed by atoms with Crippen LogP contribution in [0.25, 0.3) is 0 Å². The summed E-state index contributed by atoms with van der Waals surface area (Å²) in [6.45, 7) is 7.26. The molecule has 0 aromatic heterocycles. The van der Waals surface area contributed by atoms with Crippen molar-refractivity contribution < 1.29 is 4.79 Å². The average Bonchev–Trinajstić information content (AvgIpc) is 1.83. The molecule has 0 spiro atoms. The smallest absolute Gasteiger partial charge is 0.211 e. The standard InChI is InChI=1S/C6H7NO/c1-3-6(2)4-7-5-8/h3H,1-2,4H2. The first-order chi connectivity index (χ1) is 3.81. The molecule has 0 amide bonds. The summed E-state index contributed by atoms with van der Waals surface area (Å²) in [4.78, 5) is 12.7. The summed E-state index contributed by atoms with van der Waals surface area (Å²) in [5.41, 5.74) is 0.730. The number of nitrogens with zero attached hydrogens (tertiary/aromatic N) is 1. The molecule has 0 aliphatic carbocycles. The Morgan fingerprint density at radius 3 is 2.88 bits per heavy atom. The van der Waals surface area contributed by atoms with Crippen LogP contribution in [0.2, 0.25) is 0 Å². The van der Waals surface area contributed by atoms with Gasteiger partial charge in [-0.1, -0.05) is 19.2 Å². The topological polar surface area (TPSA) is 29.4 Å². The molecule has 0 aromatic carbocycles. The number of aliphatic imine (C=N–C) groups is 1. The highest BCUT2D eigenvalue weighted by Crippen LogP contribution is 1.88. The van der Waals surface area contributed by atoms with Gasteiger partial charge in [0, 0.05) is 0 Å². The summed E-state index contributed by atoms with van der Waals surface area (Å²) in [7, 11) is 0. The Kier molecular flexibility index (Phi) is 3.46. The monoisotopic (exact) mass is 109 g/mol. The molecule has 42 valence electrons. The van der Waals surface area contributed by atoms with Crippen LogP contribution in [0.5, 0.6) is 0 Å². The van der Waals surface area contributed by atoms with Crippen molar-refractivity contribution in [2.45, 2.75) is 0 Å². The summed E-state index contributed by atoms with van der Waals surface area (Å²) in [6.07, 6.45) is 2.96. The summed E-state index contributed by atoms with van der Waals surface area (Å²) in [5, 5.41) is 0. The van der Waals surface area contributed by atoms with E-state index in [9.17, 15) is 4.79 Å².